The third-order valence-electron chi connectivity index (χ3n) is 5.29. The Morgan fingerprint density at radius 2 is 1.03 bits per heavy atom. The lowest BCUT2D eigenvalue weighted by atomic mass is 10.3. The van der Waals surface area contributed by atoms with Crippen LogP contribution in [0.4, 0.5) is 0 Å². The molecular weight excluding hydrogens is 452 g/mol. The van der Waals surface area contributed by atoms with E-state index in [2.05, 4.69) is 41.3 Å². The maximum atomic E-state index is 11.4. The second-order valence-electron chi connectivity index (χ2n) is 9.90. The van der Waals surface area contributed by atoms with Crippen molar-refractivity contribution in [1.29, 1.82) is 0 Å². The molecule has 0 aliphatic carbocycles. The first kappa shape index (κ1) is 31.7. The van der Waals surface area contributed by atoms with Gasteiger partial charge < -0.3 is 22.6 Å². The fraction of sp³-hybridized carbons (Fsp3) is 0.750. The van der Waals surface area contributed by atoms with Crippen molar-refractivity contribution < 1.29 is 32.1 Å². The number of ether oxygens (including phenoxy) is 2. The Hall–Kier alpha value is -1.27. The van der Waals surface area contributed by atoms with Gasteiger partial charge in [0.2, 0.25) is 19.5 Å². The Bertz CT molecular complexity index is 572. The fourth-order valence-electron chi connectivity index (χ4n) is 2.87. The van der Waals surface area contributed by atoms with Crippen LogP contribution in [0.2, 0.25) is 12.1 Å². The van der Waals surface area contributed by atoms with E-state index < -0.39 is 0 Å². The molecule has 0 fully saturated rings. The molecule has 0 aliphatic rings. The summed E-state index contributed by atoms with van der Waals surface area (Å²) in [5.74, 6) is -0.614. The normalized spacial score (nSPS) is 11.8. The van der Waals surface area contributed by atoms with Crippen LogP contribution >= 0.6 is 0 Å². The number of esters is 2. The minimum Gasteiger partial charge on any atom is -0.457 e. The largest absolute Gasteiger partial charge is 0.457 e. The zero-order chi connectivity index (χ0) is 25.3. The standard InChI is InChI=1S/C24H46N2O5Si2/c1-21(2)23(27)29-17-15-25(5,6)13-9-11-19-32-31-33-20-12-10-14-26(7,8)16-18-30-24(28)22(3)4/h1,3,9-20H2,2,4-8H3/q+2. The summed E-state index contributed by atoms with van der Waals surface area (Å²) in [5.41, 5.74) is 0.896. The summed E-state index contributed by atoms with van der Waals surface area (Å²) >= 11 is 0. The van der Waals surface area contributed by atoms with Gasteiger partial charge in [-0.05, 0) is 51.6 Å². The number of quaternary nitrogens is 2. The van der Waals surface area contributed by atoms with Crippen LogP contribution in [-0.4, -0.2) is 108 Å². The number of unbranched alkanes of at least 4 members (excludes halogenated alkanes) is 2. The molecule has 0 saturated heterocycles. The van der Waals surface area contributed by atoms with E-state index in [9.17, 15) is 9.59 Å². The van der Waals surface area contributed by atoms with Gasteiger partial charge in [0.1, 0.15) is 26.3 Å². The molecule has 0 saturated carbocycles. The highest BCUT2D eigenvalue weighted by Crippen LogP contribution is 2.07. The molecule has 4 radical (unpaired) electrons. The average molecular weight is 499 g/mol. The molecule has 0 aromatic heterocycles. The number of hydrogen-bond acceptors (Lipinski definition) is 5. The Morgan fingerprint density at radius 3 is 1.36 bits per heavy atom. The molecule has 0 amide bonds. The molecule has 0 spiro atoms. The van der Waals surface area contributed by atoms with E-state index in [-0.39, 0.29) is 11.9 Å². The van der Waals surface area contributed by atoms with Crippen molar-refractivity contribution >= 4 is 31.5 Å². The van der Waals surface area contributed by atoms with Crippen LogP contribution in [0, 0.1) is 0 Å². The summed E-state index contributed by atoms with van der Waals surface area (Å²) in [6, 6.07) is 2.23. The summed E-state index contributed by atoms with van der Waals surface area (Å²) in [5, 5.41) is 0. The Kier molecular flexibility index (Phi) is 16.6. The third-order valence-corrected chi connectivity index (χ3v) is 7.56. The number of hydrogen-bond donors (Lipinski definition) is 0. The molecule has 0 rings (SSSR count). The predicted octanol–water partition coefficient (Wildman–Crippen LogP) is 3.03. The van der Waals surface area contributed by atoms with Crippen LogP contribution in [0.15, 0.2) is 24.3 Å². The van der Waals surface area contributed by atoms with Gasteiger partial charge in [0.15, 0.2) is 0 Å². The topological polar surface area (TPSA) is 61.8 Å². The molecule has 188 valence electrons. The molecule has 33 heavy (non-hydrogen) atoms. The lowest BCUT2D eigenvalue weighted by Gasteiger charge is -2.29. The number of rotatable bonds is 20. The molecule has 0 unspecified atom stereocenters. The Morgan fingerprint density at radius 1 is 0.667 bits per heavy atom. The minimum atomic E-state index is -0.307. The highest BCUT2D eigenvalue weighted by Gasteiger charge is 2.17. The molecule has 9 heteroatoms. The molecular formula is C24H46N2O5Si2+2. The zero-order valence-electron chi connectivity index (χ0n) is 21.8. The molecule has 0 aliphatic heterocycles. The van der Waals surface area contributed by atoms with Crippen LogP contribution < -0.4 is 0 Å². The highest BCUT2D eigenvalue weighted by molar-refractivity contribution is 6.42. The van der Waals surface area contributed by atoms with Gasteiger partial charge in [0, 0.05) is 11.1 Å². The second-order valence-corrected chi connectivity index (χ2v) is 12.3. The van der Waals surface area contributed by atoms with Gasteiger partial charge in [-0.2, -0.15) is 0 Å². The van der Waals surface area contributed by atoms with E-state index in [0.29, 0.717) is 43.9 Å². The first-order valence-corrected chi connectivity index (χ1v) is 14.0. The van der Waals surface area contributed by atoms with Crippen molar-refractivity contribution in [3.05, 3.63) is 24.3 Å². The second kappa shape index (κ2) is 17.2. The average Bonchev–Trinajstić information content (AvgIpc) is 2.71. The maximum Gasteiger partial charge on any atom is 0.333 e. The van der Waals surface area contributed by atoms with E-state index >= 15 is 0 Å². The van der Waals surface area contributed by atoms with Gasteiger partial charge in [-0.1, -0.05) is 13.2 Å². The van der Waals surface area contributed by atoms with Crippen molar-refractivity contribution in [2.24, 2.45) is 0 Å². The lowest BCUT2D eigenvalue weighted by molar-refractivity contribution is -0.890. The Labute approximate surface area is 207 Å². The maximum absolute atomic E-state index is 11.4. The van der Waals surface area contributed by atoms with Gasteiger partial charge in [-0.3, -0.25) is 0 Å². The summed E-state index contributed by atoms with van der Waals surface area (Å²) in [6.07, 6.45) is 4.63. The summed E-state index contributed by atoms with van der Waals surface area (Å²) in [6.45, 7) is 15.2. The van der Waals surface area contributed by atoms with Gasteiger partial charge in [-0.25, -0.2) is 9.59 Å². The van der Waals surface area contributed by atoms with Crippen molar-refractivity contribution in [2.75, 3.05) is 67.6 Å². The van der Waals surface area contributed by atoms with E-state index in [1.807, 2.05) is 0 Å². The number of likely N-dealkylation sites (N-methyl/N-ethyl adjacent to an activating group) is 2. The summed E-state index contributed by atoms with van der Waals surface area (Å²) < 4.78 is 17.9. The smallest absolute Gasteiger partial charge is 0.333 e. The highest BCUT2D eigenvalue weighted by atomic mass is 28.3. The van der Waals surface area contributed by atoms with Gasteiger partial charge in [0.25, 0.3) is 0 Å². The SMILES string of the molecule is C=C(C)C(=O)OCC[N+](C)(C)CCCC[Si]O[Si]CCCC[N+](C)(C)CCOC(=O)C(=C)C. The minimum absolute atomic E-state index is 0.307. The predicted molar refractivity (Wildman–Crippen MR) is 136 cm³/mol. The van der Waals surface area contributed by atoms with Crippen molar-refractivity contribution in [3.8, 4) is 0 Å². The Balaban J connectivity index is 3.61. The molecule has 0 bridgehead atoms. The first-order chi connectivity index (χ1) is 15.4. The van der Waals surface area contributed by atoms with Crippen molar-refractivity contribution in [1.82, 2.24) is 0 Å². The zero-order valence-corrected chi connectivity index (χ0v) is 23.8. The molecule has 7 nitrogen and oxygen atoms in total. The molecule has 0 N–H and O–H groups in total. The van der Waals surface area contributed by atoms with E-state index in [1.165, 1.54) is 0 Å². The lowest BCUT2D eigenvalue weighted by Crippen LogP contribution is -2.43. The molecule has 0 aromatic rings. The molecule has 0 atom stereocenters. The van der Waals surface area contributed by atoms with Gasteiger partial charge in [0.05, 0.1) is 41.3 Å². The quantitative estimate of drug-likeness (QED) is 0.0849. The van der Waals surface area contributed by atoms with Crippen LogP contribution in [0.5, 0.6) is 0 Å². The monoisotopic (exact) mass is 498 g/mol. The van der Waals surface area contributed by atoms with Crippen LogP contribution in [0.25, 0.3) is 0 Å². The van der Waals surface area contributed by atoms with Gasteiger partial charge in [-0.15, -0.1) is 0 Å². The third kappa shape index (κ3) is 18.8. The van der Waals surface area contributed by atoms with Crippen molar-refractivity contribution in [2.45, 2.75) is 51.6 Å². The number of nitrogens with zero attached hydrogens (tertiary/aromatic N) is 2. The number of carbonyl (C=O) groups is 2. The van der Waals surface area contributed by atoms with Crippen LogP contribution in [0.3, 0.4) is 0 Å². The van der Waals surface area contributed by atoms with Crippen molar-refractivity contribution in [3.63, 3.8) is 0 Å². The van der Waals surface area contributed by atoms with E-state index in [0.717, 1.165) is 72.9 Å². The van der Waals surface area contributed by atoms with Crippen LogP contribution in [0.1, 0.15) is 39.5 Å². The molecule has 0 aromatic carbocycles. The number of carbonyl (C=O) groups excluding carboxylic acids is 2. The summed E-state index contributed by atoms with van der Waals surface area (Å²) in [4.78, 5) is 22.9. The van der Waals surface area contributed by atoms with E-state index in [4.69, 9.17) is 13.6 Å². The fourth-order valence-corrected chi connectivity index (χ4v) is 4.88. The van der Waals surface area contributed by atoms with Gasteiger partial charge >= 0.3 is 11.9 Å². The summed E-state index contributed by atoms with van der Waals surface area (Å²) in [7, 11) is 9.85. The van der Waals surface area contributed by atoms with Crippen LogP contribution in [-0.2, 0) is 23.2 Å². The first-order valence-electron chi connectivity index (χ1n) is 11.8. The molecule has 0 heterocycles. The van der Waals surface area contributed by atoms with E-state index in [1.54, 1.807) is 13.8 Å².